The molecule has 0 atom stereocenters. The van der Waals surface area contributed by atoms with Crippen LogP contribution in [-0.2, 0) is 14.8 Å². The molecule has 1 heterocycles. The fourth-order valence-corrected chi connectivity index (χ4v) is 4.08. The van der Waals surface area contributed by atoms with Gasteiger partial charge in [0.15, 0.2) is 0 Å². The Bertz CT molecular complexity index is 881. The van der Waals surface area contributed by atoms with Gasteiger partial charge >= 0.3 is 0 Å². The number of hydrogen-bond donors (Lipinski definition) is 1. The lowest BCUT2D eigenvalue weighted by atomic mass is 10.2. The van der Waals surface area contributed by atoms with Crippen molar-refractivity contribution in [1.82, 2.24) is 0 Å². The van der Waals surface area contributed by atoms with E-state index in [2.05, 4.69) is 4.72 Å². The van der Waals surface area contributed by atoms with Crippen LogP contribution < -0.4 is 9.62 Å². The number of aryl methyl sites for hydroxylation is 1. The van der Waals surface area contributed by atoms with Gasteiger partial charge < -0.3 is 9.64 Å². The predicted octanol–water partition coefficient (Wildman–Crippen LogP) is 2.91. The summed E-state index contributed by atoms with van der Waals surface area (Å²) in [5.41, 5.74) is 0.996. The Morgan fingerprint density at radius 2 is 1.68 bits per heavy atom. The van der Waals surface area contributed by atoms with Crippen LogP contribution in [0.4, 0.5) is 20.2 Å². The molecule has 1 saturated heterocycles. The molecule has 0 radical (unpaired) electrons. The molecule has 5 nitrogen and oxygen atoms in total. The molecule has 2 aromatic rings. The first-order chi connectivity index (χ1) is 11.9. The Morgan fingerprint density at radius 3 is 2.36 bits per heavy atom. The molecule has 0 aliphatic carbocycles. The molecule has 1 aliphatic rings. The van der Waals surface area contributed by atoms with Crippen LogP contribution in [0.15, 0.2) is 41.3 Å². The average Bonchev–Trinajstić information content (AvgIpc) is 2.55. The molecule has 134 valence electrons. The van der Waals surface area contributed by atoms with E-state index in [1.165, 1.54) is 25.1 Å². The molecule has 0 aromatic heterocycles. The van der Waals surface area contributed by atoms with Crippen LogP contribution in [0.25, 0.3) is 0 Å². The first kappa shape index (κ1) is 17.6. The largest absolute Gasteiger partial charge is 0.378 e. The van der Waals surface area contributed by atoms with Gasteiger partial charge in [0.1, 0.15) is 11.6 Å². The summed E-state index contributed by atoms with van der Waals surface area (Å²) in [6.45, 7) is 3.69. The molecule has 0 amide bonds. The van der Waals surface area contributed by atoms with E-state index in [9.17, 15) is 17.2 Å². The van der Waals surface area contributed by atoms with Crippen molar-refractivity contribution in [1.29, 1.82) is 0 Å². The maximum atomic E-state index is 13.7. The number of ether oxygens (including phenoxy) is 1. The van der Waals surface area contributed by atoms with E-state index in [4.69, 9.17) is 4.74 Å². The summed E-state index contributed by atoms with van der Waals surface area (Å²) in [4.78, 5) is 1.88. The predicted molar refractivity (Wildman–Crippen MR) is 91.4 cm³/mol. The second-order valence-electron chi connectivity index (χ2n) is 5.78. The summed E-state index contributed by atoms with van der Waals surface area (Å²) >= 11 is 0. The maximum Gasteiger partial charge on any atom is 0.262 e. The SMILES string of the molecule is Cc1cc(F)ccc1S(=O)(=O)Nc1cc(F)ccc1N1CCOCC1. The van der Waals surface area contributed by atoms with Crippen LogP contribution in [0.5, 0.6) is 0 Å². The first-order valence-electron chi connectivity index (χ1n) is 7.78. The van der Waals surface area contributed by atoms with Crippen molar-refractivity contribution >= 4 is 21.4 Å². The lowest BCUT2D eigenvalue weighted by Crippen LogP contribution is -2.36. The highest BCUT2D eigenvalue weighted by Crippen LogP contribution is 2.30. The van der Waals surface area contributed by atoms with Gasteiger partial charge in [-0.05, 0) is 42.8 Å². The lowest BCUT2D eigenvalue weighted by molar-refractivity contribution is 0.123. The fraction of sp³-hybridized carbons (Fsp3) is 0.294. The van der Waals surface area contributed by atoms with E-state index in [0.29, 0.717) is 32.0 Å². The molecule has 1 N–H and O–H groups in total. The van der Waals surface area contributed by atoms with Crippen molar-refractivity contribution in [2.45, 2.75) is 11.8 Å². The zero-order chi connectivity index (χ0) is 18.0. The van der Waals surface area contributed by atoms with E-state index in [1.807, 2.05) is 4.90 Å². The highest BCUT2D eigenvalue weighted by molar-refractivity contribution is 7.92. The van der Waals surface area contributed by atoms with E-state index in [1.54, 1.807) is 0 Å². The third kappa shape index (κ3) is 3.91. The molecule has 25 heavy (non-hydrogen) atoms. The second kappa shape index (κ2) is 6.97. The number of anilines is 2. The van der Waals surface area contributed by atoms with Gasteiger partial charge in [-0.25, -0.2) is 17.2 Å². The Hall–Kier alpha value is -2.19. The average molecular weight is 368 g/mol. The third-order valence-corrected chi connectivity index (χ3v) is 5.51. The van der Waals surface area contributed by atoms with Gasteiger partial charge in [0.2, 0.25) is 0 Å². The van der Waals surface area contributed by atoms with Crippen molar-refractivity contribution in [3.05, 3.63) is 53.6 Å². The summed E-state index contributed by atoms with van der Waals surface area (Å²) in [6, 6.07) is 7.38. The highest BCUT2D eigenvalue weighted by Gasteiger charge is 2.22. The van der Waals surface area contributed by atoms with Crippen LogP contribution in [0, 0.1) is 18.6 Å². The number of morpholine rings is 1. The molecule has 3 rings (SSSR count). The number of benzene rings is 2. The Kier molecular flexibility index (Phi) is 4.91. The van der Waals surface area contributed by atoms with E-state index in [-0.39, 0.29) is 16.1 Å². The number of sulfonamides is 1. The smallest absolute Gasteiger partial charge is 0.262 e. The standard InChI is InChI=1S/C17H18F2N2O3S/c1-12-10-13(18)3-5-17(12)25(22,23)20-15-11-14(19)2-4-16(15)21-6-8-24-9-7-21/h2-5,10-11,20H,6-9H2,1H3. The highest BCUT2D eigenvalue weighted by atomic mass is 32.2. The number of rotatable bonds is 4. The molecular formula is C17H18F2N2O3S. The van der Waals surface area contributed by atoms with Crippen LogP contribution >= 0.6 is 0 Å². The topological polar surface area (TPSA) is 58.6 Å². The van der Waals surface area contributed by atoms with Crippen molar-refractivity contribution in [3.8, 4) is 0 Å². The fourth-order valence-electron chi connectivity index (χ4n) is 2.78. The lowest BCUT2D eigenvalue weighted by Gasteiger charge is -2.30. The quantitative estimate of drug-likeness (QED) is 0.902. The van der Waals surface area contributed by atoms with Gasteiger partial charge in [-0.2, -0.15) is 0 Å². The summed E-state index contributed by atoms with van der Waals surface area (Å²) in [6.07, 6.45) is 0. The summed E-state index contributed by atoms with van der Waals surface area (Å²) < 4.78 is 60.0. The van der Waals surface area contributed by atoms with Crippen LogP contribution in [-0.4, -0.2) is 34.7 Å². The van der Waals surface area contributed by atoms with Crippen molar-refractivity contribution in [3.63, 3.8) is 0 Å². The van der Waals surface area contributed by atoms with Crippen LogP contribution in [0.2, 0.25) is 0 Å². The number of nitrogens with one attached hydrogen (secondary N) is 1. The zero-order valence-electron chi connectivity index (χ0n) is 13.6. The molecule has 8 heteroatoms. The molecule has 2 aromatic carbocycles. The van der Waals surface area contributed by atoms with Crippen LogP contribution in [0.1, 0.15) is 5.56 Å². The van der Waals surface area contributed by atoms with E-state index >= 15 is 0 Å². The molecular weight excluding hydrogens is 350 g/mol. The monoisotopic (exact) mass is 368 g/mol. The van der Waals surface area contributed by atoms with Gasteiger partial charge in [-0.3, -0.25) is 4.72 Å². The van der Waals surface area contributed by atoms with Gasteiger partial charge in [0, 0.05) is 19.2 Å². The minimum atomic E-state index is -3.98. The van der Waals surface area contributed by atoms with Gasteiger partial charge in [-0.1, -0.05) is 0 Å². The van der Waals surface area contributed by atoms with Gasteiger partial charge in [0.05, 0.1) is 29.5 Å². The first-order valence-corrected chi connectivity index (χ1v) is 9.26. The van der Waals surface area contributed by atoms with Crippen molar-refractivity contribution in [2.75, 3.05) is 35.9 Å². The second-order valence-corrected chi connectivity index (χ2v) is 7.43. The Balaban J connectivity index is 1.97. The van der Waals surface area contributed by atoms with E-state index in [0.717, 1.165) is 18.2 Å². The Morgan fingerprint density at radius 1 is 1.04 bits per heavy atom. The molecule has 0 saturated carbocycles. The summed E-state index contributed by atoms with van der Waals surface area (Å²) in [5, 5.41) is 0. The molecule has 0 spiro atoms. The molecule has 1 aliphatic heterocycles. The summed E-state index contributed by atoms with van der Waals surface area (Å²) in [5.74, 6) is -1.07. The molecule has 0 unspecified atom stereocenters. The van der Waals surface area contributed by atoms with Crippen LogP contribution in [0.3, 0.4) is 0 Å². The van der Waals surface area contributed by atoms with Crippen molar-refractivity contribution < 1.29 is 21.9 Å². The van der Waals surface area contributed by atoms with E-state index < -0.39 is 21.7 Å². The molecule has 0 bridgehead atoms. The zero-order valence-corrected chi connectivity index (χ0v) is 14.4. The maximum absolute atomic E-state index is 13.7. The minimum absolute atomic E-state index is 0.0499. The number of nitrogens with zero attached hydrogens (tertiary/aromatic N) is 1. The Labute approximate surface area is 145 Å². The minimum Gasteiger partial charge on any atom is -0.378 e. The van der Waals surface area contributed by atoms with Gasteiger partial charge in [-0.15, -0.1) is 0 Å². The number of halogens is 2. The normalized spacial score (nSPS) is 15.2. The van der Waals surface area contributed by atoms with Crippen molar-refractivity contribution in [2.24, 2.45) is 0 Å². The van der Waals surface area contributed by atoms with Gasteiger partial charge in [0.25, 0.3) is 10.0 Å². The third-order valence-electron chi connectivity index (χ3n) is 3.98. The molecule has 1 fully saturated rings. The summed E-state index contributed by atoms with van der Waals surface area (Å²) in [7, 11) is -3.98. The number of hydrogen-bond acceptors (Lipinski definition) is 4.